The van der Waals surface area contributed by atoms with E-state index < -0.39 is 0 Å². The topological polar surface area (TPSA) is 54.3 Å². The van der Waals surface area contributed by atoms with Gasteiger partial charge in [-0.3, -0.25) is 4.79 Å². The van der Waals surface area contributed by atoms with Crippen molar-refractivity contribution in [1.29, 1.82) is 0 Å². The van der Waals surface area contributed by atoms with Crippen molar-refractivity contribution in [3.05, 3.63) is 28.7 Å². The number of pyridine rings is 1. The minimum Gasteiger partial charge on any atom is -0.391 e. The van der Waals surface area contributed by atoms with E-state index in [1.807, 2.05) is 19.9 Å². The van der Waals surface area contributed by atoms with Gasteiger partial charge < -0.3 is 15.0 Å². The first-order chi connectivity index (χ1) is 8.09. The van der Waals surface area contributed by atoms with Gasteiger partial charge in [-0.05, 0) is 45.2 Å². The lowest BCUT2D eigenvalue weighted by Gasteiger charge is -2.19. The van der Waals surface area contributed by atoms with Crippen molar-refractivity contribution in [3.63, 3.8) is 0 Å². The number of aliphatic hydroxyl groups excluding tert-OH is 1. The fourth-order valence-electron chi connectivity index (χ4n) is 2.44. The molecule has 0 aromatic carbocycles. The average molecular weight is 236 g/mol. The highest BCUT2D eigenvalue weighted by Gasteiger charge is 2.27. The zero-order valence-electron chi connectivity index (χ0n) is 10.4. The van der Waals surface area contributed by atoms with E-state index in [1.54, 1.807) is 16.8 Å². The SMILES string of the molecule is CC(C)Nc1cccn([C@H]2CCC[C@H]2O)c1=O. The second-order valence-corrected chi connectivity index (χ2v) is 5.00. The Hall–Kier alpha value is -1.29. The molecule has 1 saturated carbocycles. The first-order valence-electron chi connectivity index (χ1n) is 6.25. The molecule has 1 aromatic heterocycles. The van der Waals surface area contributed by atoms with E-state index >= 15 is 0 Å². The molecule has 0 amide bonds. The third kappa shape index (κ3) is 2.52. The second kappa shape index (κ2) is 4.92. The largest absolute Gasteiger partial charge is 0.391 e. The van der Waals surface area contributed by atoms with Gasteiger partial charge in [0, 0.05) is 12.2 Å². The van der Waals surface area contributed by atoms with Crippen LogP contribution >= 0.6 is 0 Å². The summed E-state index contributed by atoms with van der Waals surface area (Å²) in [6.07, 6.45) is 4.04. The zero-order chi connectivity index (χ0) is 12.4. The van der Waals surface area contributed by atoms with Crippen LogP contribution in [0.25, 0.3) is 0 Å². The Morgan fingerprint density at radius 2 is 2.24 bits per heavy atom. The van der Waals surface area contributed by atoms with Gasteiger partial charge in [0.1, 0.15) is 5.69 Å². The van der Waals surface area contributed by atoms with Crippen molar-refractivity contribution in [2.75, 3.05) is 5.32 Å². The number of nitrogens with one attached hydrogen (secondary N) is 1. The molecule has 2 atom stereocenters. The highest BCUT2D eigenvalue weighted by molar-refractivity contribution is 5.41. The van der Waals surface area contributed by atoms with E-state index in [-0.39, 0.29) is 23.7 Å². The van der Waals surface area contributed by atoms with E-state index in [0.717, 1.165) is 19.3 Å². The molecule has 4 heteroatoms. The number of rotatable bonds is 3. The van der Waals surface area contributed by atoms with Gasteiger partial charge in [0.05, 0.1) is 12.1 Å². The molecule has 0 saturated heterocycles. The van der Waals surface area contributed by atoms with Crippen molar-refractivity contribution in [2.45, 2.75) is 51.3 Å². The zero-order valence-corrected chi connectivity index (χ0v) is 10.4. The predicted octanol–water partition coefficient (Wildman–Crippen LogP) is 1.75. The molecular formula is C13H20N2O2. The van der Waals surface area contributed by atoms with Gasteiger partial charge in [-0.1, -0.05) is 0 Å². The molecule has 17 heavy (non-hydrogen) atoms. The van der Waals surface area contributed by atoms with E-state index in [1.165, 1.54) is 0 Å². The summed E-state index contributed by atoms with van der Waals surface area (Å²) < 4.78 is 1.67. The van der Waals surface area contributed by atoms with E-state index in [0.29, 0.717) is 5.69 Å². The van der Waals surface area contributed by atoms with Crippen LogP contribution in [0.15, 0.2) is 23.1 Å². The molecule has 2 rings (SSSR count). The molecule has 1 fully saturated rings. The quantitative estimate of drug-likeness (QED) is 0.840. The lowest BCUT2D eigenvalue weighted by molar-refractivity contribution is 0.135. The van der Waals surface area contributed by atoms with Gasteiger partial charge >= 0.3 is 0 Å². The lowest BCUT2D eigenvalue weighted by atomic mass is 10.2. The molecule has 0 bridgehead atoms. The minimum absolute atomic E-state index is 0.0350. The highest BCUT2D eigenvalue weighted by Crippen LogP contribution is 2.28. The highest BCUT2D eigenvalue weighted by atomic mass is 16.3. The maximum Gasteiger partial charge on any atom is 0.274 e. The van der Waals surface area contributed by atoms with E-state index in [9.17, 15) is 9.90 Å². The summed E-state index contributed by atoms with van der Waals surface area (Å²) in [4.78, 5) is 12.2. The maximum atomic E-state index is 12.2. The van der Waals surface area contributed by atoms with Gasteiger partial charge in [0.25, 0.3) is 5.56 Å². The van der Waals surface area contributed by atoms with Crippen LogP contribution in [0.2, 0.25) is 0 Å². The van der Waals surface area contributed by atoms with Crippen LogP contribution in [-0.4, -0.2) is 21.8 Å². The van der Waals surface area contributed by atoms with Crippen LogP contribution in [0, 0.1) is 0 Å². The third-order valence-corrected chi connectivity index (χ3v) is 3.22. The van der Waals surface area contributed by atoms with Crippen molar-refractivity contribution in [2.24, 2.45) is 0 Å². The van der Waals surface area contributed by atoms with Crippen molar-refractivity contribution < 1.29 is 5.11 Å². The molecule has 94 valence electrons. The molecule has 0 aliphatic heterocycles. The molecule has 1 aliphatic rings. The van der Waals surface area contributed by atoms with Crippen molar-refractivity contribution >= 4 is 5.69 Å². The Morgan fingerprint density at radius 3 is 2.82 bits per heavy atom. The Kier molecular flexibility index (Phi) is 3.52. The number of aromatic nitrogens is 1. The van der Waals surface area contributed by atoms with Crippen molar-refractivity contribution in [1.82, 2.24) is 4.57 Å². The molecule has 1 aromatic rings. The minimum atomic E-state index is -0.387. The number of hydrogen-bond acceptors (Lipinski definition) is 3. The second-order valence-electron chi connectivity index (χ2n) is 5.00. The monoisotopic (exact) mass is 236 g/mol. The molecule has 2 N–H and O–H groups in total. The molecule has 4 nitrogen and oxygen atoms in total. The molecule has 1 aliphatic carbocycles. The fraction of sp³-hybridized carbons (Fsp3) is 0.615. The number of aliphatic hydroxyl groups is 1. The van der Waals surface area contributed by atoms with Crippen LogP contribution in [0.3, 0.4) is 0 Å². The van der Waals surface area contributed by atoms with Gasteiger partial charge in [0.15, 0.2) is 0 Å². The smallest absolute Gasteiger partial charge is 0.274 e. The molecule has 1 heterocycles. The van der Waals surface area contributed by atoms with E-state index in [2.05, 4.69) is 5.32 Å². The summed E-state index contributed by atoms with van der Waals surface area (Å²) in [7, 11) is 0. The lowest BCUT2D eigenvalue weighted by Crippen LogP contribution is -2.31. The first kappa shape index (κ1) is 12.2. The molecule has 0 unspecified atom stereocenters. The summed E-state index contributed by atoms with van der Waals surface area (Å²) in [5.74, 6) is 0. The van der Waals surface area contributed by atoms with Crippen LogP contribution in [0.4, 0.5) is 5.69 Å². The van der Waals surface area contributed by atoms with E-state index in [4.69, 9.17) is 0 Å². The number of anilines is 1. The summed E-state index contributed by atoms with van der Waals surface area (Å²) in [6.45, 7) is 4.00. The van der Waals surface area contributed by atoms with Crippen LogP contribution in [-0.2, 0) is 0 Å². The van der Waals surface area contributed by atoms with Crippen LogP contribution < -0.4 is 10.9 Å². The van der Waals surface area contributed by atoms with Crippen LogP contribution in [0.1, 0.15) is 39.2 Å². The van der Waals surface area contributed by atoms with Crippen LogP contribution in [0.5, 0.6) is 0 Å². The fourth-order valence-corrected chi connectivity index (χ4v) is 2.44. The molecule has 0 spiro atoms. The summed E-state index contributed by atoms with van der Waals surface area (Å²) >= 11 is 0. The Morgan fingerprint density at radius 1 is 1.47 bits per heavy atom. The Balaban J connectivity index is 2.32. The first-order valence-corrected chi connectivity index (χ1v) is 6.25. The summed E-state index contributed by atoms with van der Waals surface area (Å²) in [6, 6.07) is 3.82. The molecular weight excluding hydrogens is 216 g/mol. The maximum absolute atomic E-state index is 12.2. The van der Waals surface area contributed by atoms with Crippen molar-refractivity contribution in [3.8, 4) is 0 Å². The normalized spacial score (nSPS) is 24.2. The molecule has 0 radical (unpaired) electrons. The van der Waals surface area contributed by atoms with Gasteiger partial charge in [-0.15, -0.1) is 0 Å². The van der Waals surface area contributed by atoms with Gasteiger partial charge in [-0.25, -0.2) is 0 Å². The number of nitrogens with zero attached hydrogens (tertiary/aromatic N) is 1. The standard InChI is InChI=1S/C13H20N2O2/c1-9(2)14-10-5-4-8-15(13(10)17)11-6-3-7-12(11)16/h4-5,8-9,11-12,14,16H,3,6-7H2,1-2H3/t11-,12+/m0/s1. The average Bonchev–Trinajstić information content (AvgIpc) is 2.67. The Bertz CT molecular complexity index is 439. The Labute approximate surface area is 101 Å². The van der Waals surface area contributed by atoms with Gasteiger partial charge in [-0.2, -0.15) is 0 Å². The summed E-state index contributed by atoms with van der Waals surface area (Å²) in [5, 5.41) is 13.0. The summed E-state index contributed by atoms with van der Waals surface area (Å²) in [5.41, 5.74) is 0.578. The predicted molar refractivity (Wildman–Crippen MR) is 68.4 cm³/mol. The third-order valence-electron chi connectivity index (χ3n) is 3.22. The number of hydrogen-bond donors (Lipinski definition) is 2. The van der Waals surface area contributed by atoms with Gasteiger partial charge in [0.2, 0.25) is 0 Å².